The molecule has 1 rings (SSSR count). The third-order valence-electron chi connectivity index (χ3n) is 4.71. The molecule has 0 amide bonds. The predicted molar refractivity (Wildman–Crippen MR) is 88.6 cm³/mol. The van der Waals surface area contributed by atoms with Gasteiger partial charge in [-0.05, 0) is 31.5 Å². The van der Waals surface area contributed by atoms with Gasteiger partial charge >= 0.3 is 11.9 Å². The first-order valence-corrected chi connectivity index (χ1v) is 7.72. The van der Waals surface area contributed by atoms with Crippen molar-refractivity contribution >= 4 is 11.9 Å². The Bertz CT molecular complexity index is 674. The Hall–Kier alpha value is -2.20. The Morgan fingerprint density at radius 3 is 1.85 bits per heavy atom. The summed E-state index contributed by atoms with van der Waals surface area (Å²) >= 11 is 0. The Labute approximate surface area is 150 Å². The van der Waals surface area contributed by atoms with Gasteiger partial charge in [-0.1, -0.05) is 6.07 Å². The van der Waals surface area contributed by atoms with E-state index in [4.69, 9.17) is 4.74 Å². The number of aliphatic hydroxyl groups is 4. The molecule has 6 N–H and O–H groups in total. The van der Waals surface area contributed by atoms with Crippen LogP contribution in [0.1, 0.15) is 37.2 Å². The molecule has 0 aliphatic carbocycles. The van der Waals surface area contributed by atoms with Crippen molar-refractivity contribution in [2.24, 2.45) is 10.8 Å². The Balaban J connectivity index is 3.50. The van der Waals surface area contributed by atoms with Crippen LogP contribution in [-0.2, 0) is 9.59 Å². The Kier molecular flexibility index (Phi) is 6.72. The molecule has 9 heteroatoms. The van der Waals surface area contributed by atoms with Crippen LogP contribution < -0.4 is 4.74 Å². The highest BCUT2D eigenvalue weighted by molar-refractivity contribution is 5.76. The summed E-state index contributed by atoms with van der Waals surface area (Å²) in [6, 6.07) is 3.87. The minimum atomic E-state index is -1.95. The van der Waals surface area contributed by atoms with Crippen molar-refractivity contribution in [1.82, 2.24) is 0 Å². The molecule has 0 aliphatic rings. The number of aliphatic carboxylic acids is 2. The van der Waals surface area contributed by atoms with E-state index in [2.05, 4.69) is 0 Å². The van der Waals surface area contributed by atoms with E-state index in [9.17, 15) is 40.2 Å². The number of rotatable bonds is 9. The quantitative estimate of drug-likeness (QED) is 0.348. The first-order chi connectivity index (χ1) is 12.0. The highest BCUT2D eigenvalue weighted by Gasteiger charge is 2.44. The minimum absolute atomic E-state index is 0.0319. The summed E-state index contributed by atoms with van der Waals surface area (Å²) in [7, 11) is 1.29. The highest BCUT2D eigenvalue weighted by Crippen LogP contribution is 2.41. The van der Waals surface area contributed by atoms with Crippen LogP contribution in [0.4, 0.5) is 0 Å². The van der Waals surface area contributed by atoms with Gasteiger partial charge in [0, 0.05) is 5.56 Å². The summed E-state index contributed by atoms with van der Waals surface area (Å²) < 4.78 is 5.10. The molecule has 0 saturated heterocycles. The molecule has 0 heterocycles. The number of methoxy groups -OCH3 is 1. The second-order valence-corrected chi connectivity index (χ2v) is 6.57. The van der Waals surface area contributed by atoms with Gasteiger partial charge in [-0.15, -0.1) is 0 Å². The van der Waals surface area contributed by atoms with Crippen molar-refractivity contribution in [2.45, 2.75) is 26.1 Å². The fourth-order valence-electron chi connectivity index (χ4n) is 2.39. The molecule has 26 heavy (non-hydrogen) atoms. The third kappa shape index (κ3) is 3.65. The molecule has 0 fully saturated rings. The van der Waals surface area contributed by atoms with Crippen LogP contribution in [0.3, 0.4) is 0 Å². The maximum Gasteiger partial charge on any atom is 0.314 e. The van der Waals surface area contributed by atoms with Crippen molar-refractivity contribution in [1.29, 1.82) is 0 Å². The first-order valence-electron chi connectivity index (χ1n) is 7.72. The molecule has 0 aromatic heterocycles. The number of hydrogen-bond acceptors (Lipinski definition) is 7. The lowest BCUT2D eigenvalue weighted by molar-refractivity contribution is -0.159. The average Bonchev–Trinajstić information content (AvgIpc) is 2.64. The van der Waals surface area contributed by atoms with Gasteiger partial charge in [0.1, 0.15) is 22.7 Å². The van der Waals surface area contributed by atoms with Crippen LogP contribution in [0, 0.1) is 10.8 Å². The minimum Gasteiger partial charge on any atom is -0.496 e. The van der Waals surface area contributed by atoms with Gasteiger partial charge in [-0.3, -0.25) is 9.59 Å². The summed E-state index contributed by atoms with van der Waals surface area (Å²) in [6.07, 6.45) is -3.36. The second-order valence-electron chi connectivity index (χ2n) is 6.57. The van der Waals surface area contributed by atoms with Crippen LogP contribution in [-0.4, -0.2) is 62.9 Å². The molecule has 0 radical (unpaired) electrons. The van der Waals surface area contributed by atoms with E-state index in [1.165, 1.54) is 25.3 Å². The molecule has 0 bridgehead atoms. The van der Waals surface area contributed by atoms with E-state index in [1.807, 2.05) is 0 Å². The van der Waals surface area contributed by atoms with E-state index in [0.717, 1.165) is 13.8 Å². The van der Waals surface area contributed by atoms with Gasteiger partial charge < -0.3 is 35.4 Å². The zero-order valence-corrected chi connectivity index (χ0v) is 14.7. The molecule has 1 aromatic rings. The van der Waals surface area contributed by atoms with Gasteiger partial charge in [-0.2, -0.15) is 0 Å². The zero-order valence-electron chi connectivity index (χ0n) is 14.7. The molecule has 0 aliphatic heterocycles. The molecule has 146 valence electrons. The molecular weight excluding hydrogens is 348 g/mol. The van der Waals surface area contributed by atoms with E-state index in [1.54, 1.807) is 0 Å². The topological polar surface area (TPSA) is 165 Å². The summed E-state index contributed by atoms with van der Waals surface area (Å²) in [4.78, 5) is 22.9. The van der Waals surface area contributed by atoms with Crippen LogP contribution in [0.5, 0.6) is 5.75 Å². The summed E-state index contributed by atoms with van der Waals surface area (Å²) in [5.41, 5.74) is -3.88. The average molecular weight is 372 g/mol. The van der Waals surface area contributed by atoms with E-state index >= 15 is 0 Å². The first kappa shape index (κ1) is 21.8. The van der Waals surface area contributed by atoms with Gasteiger partial charge in [0.05, 0.1) is 26.4 Å². The smallest absolute Gasteiger partial charge is 0.314 e. The van der Waals surface area contributed by atoms with Crippen molar-refractivity contribution in [3.8, 4) is 5.75 Å². The van der Waals surface area contributed by atoms with E-state index in [0.29, 0.717) is 0 Å². The number of ether oxygens (including phenoxy) is 1. The lowest BCUT2D eigenvalue weighted by Gasteiger charge is -2.31. The van der Waals surface area contributed by atoms with Crippen molar-refractivity contribution < 1.29 is 45.0 Å². The number of benzene rings is 1. The lowest BCUT2D eigenvalue weighted by atomic mass is 9.78. The molecule has 9 nitrogen and oxygen atoms in total. The van der Waals surface area contributed by atoms with Gasteiger partial charge in [0.25, 0.3) is 0 Å². The largest absolute Gasteiger partial charge is 0.496 e. The van der Waals surface area contributed by atoms with Crippen molar-refractivity contribution in [2.75, 3.05) is 20.3 Å². The predicted octanol–water partition coefficient (Wildman–Crippen LogP) is -0.0716. The summed E-state index contributed by atoms with van der Waals surface area (Å²) in [5, 5.41) is 58.4. The van der Waals surface area contributed by atoms with E-state index < -0.39 is 48.2 Å². The standard InChI is InChI=1S/C17H24O9/c1-16(7-18,14(22)23)12(20)9-4-5-11(26-3)10(6-9)13(21)17(2,8-19)15(24)25/h4-6,12-13,18-21H,7-8H2,1-3H3,(H,22,23)(H,24,25). The lowest BCUT2D eigenvalue weighted by Crippen LogP contribution is -2.39. The number of aliphatic hydroxyl groups excluding tert-OH is 4. The van der Waals surface area contributed by atoms with Crippen LogP contribution in [0.2, 0.25) is 0 Å². The van der Waals surface area contributed by atoms with Gasteiger partial charge in [0.2, 0.25) is 0 Å². The fraction of sp³-hybridized carbons (Fsp3) is 0.529. The number of carboxylic acids is 2. The van der Waals surface area contributed by atoms with Gasteiger partial charge in [0.15, 0.2) is 0 Å². The maximum absolute atomic E-state index is 11.5. The van der Waals surface area contributed by atoms with Crippen LogP contribution in [0.25, 0.3) is 0 Å². The Morgan fingerprint density at radius 2 is 1.46 bits per heavy atom. The zero-order chi connectivity index (χ0) is 20.3. The summed E-state index contributed by atoms with van der Waals surface area (Å²) in [5.74, 6) is -2.79. The normalized spacial score (nSPS) is 18.3. The fourth-order valence-corrected chi connectivity index (χ4v) is 2.39. The molecular formula is C17H24O9. The second kappa shape index (κ2) is 8.00. The monoisotopic (exact) mass is 372 g/mol. The molecule has 0 saturated carbocycles. The van der Waals surface area contributed by atoms with E-state index in [-0.39, 0.29) is 16.9 Å². The van der Waals surface area contributed by atoms with Crippen LogP contribution >= 0.6 is 0 Å². The summed E-state index contributed by atoms with van der Waals surface area (Å²) in [6.45, 7) is 0.562. The maximum atomic E-state index is 11.5. The molecule has 0 spiro atoms. The third-order valence-corrected chi connectivity index (χ3v) is 4.71. The highest BCUT2D eigenvalue weighted by atomic mass is 16.5. The number of carbonyl (C=O) groups is 2. The number of hydrogen-bond donors (Lipinski definition) is 6. The SMILES string of the molecule is COc1ccc(C(O)C(C)(CO)C(=O)O)cc1C(O)C(C)(CO)C(=O)O. The molecule has 4 atom stereocenters. The van der Waals surface area contributed by atoms with Crippen molar-refractivity contribution in [3.63, 3.8) is 0 Å². The molecule has 4 unspecified atom stereocenters. The van der Waals surface area contributed by atoms with Crippen LogP contribution in [0.15, 0.2) is 18.2 Å². The van der Waals surface area contributed by atoms with Crippen molar-refractivity contribution in [3.05, 3.63) is 29.3 Å². The number of carboxylic acid groups (broad SMARTS) is 2. The Morgan fingerprint density at radius 1 is 1.00 bits per heavy atom. The molecule has 1 aromatic carbocycles. The van der Waals surface area contributed by atoms with Gasteiger partial charge in [-0.25, -0.2) is 0 Å².